The second kappa shape index (κ2) is 7.45. The molecule has 2 rings (SSSR count). The Morgan fingerprint density at radius 3 is 2.43 bits per heavy atom. The van der Waals surface area contributed by atoms with Crippen LogP contribution in [0.2, 0.25) is 0 Å². The fourth-order valence-corrected chi connectivity index (χ4v) is 2.77. The Balaban J connectivity index is 2.20. The van der Waals surface area contributed by atoms with E-state index in [4.69, 9.17) is 4.74 Å². The van der Waals surface area contributed by atoms with Crippen LogP contribution in [0, 0.1) is 10.5 Å². The Bertz CT molecular complexity index is 759. The normalized spacial score (nSPS) is 10.1. The maximum absolute atomic E-state index is 12.3. The van der Waals surface area contributed by atoms with Crippen molar-refractivity contribution in [3.8, 4) is 5.75 Å². The first kappa shape index (κ1) is 17.3. The quantitative estimate of drug-likeness (QED) is 0.734. The fourth-order valence-electron chi connectivity index (χ4n) is 2.03. The molecule has 0 aliphatic rings. The van der Waals surface area contributed by atoms with E-state index in [1.165, 1.54) is 6.92 Å². The van der Waals surface area contributed by atoms with E-state index in [0.29, 0.717) is 16.9 Å². The van der Waals surface area contributed by atoms with Crippen molar-refractivity contribution in [2.45, 2.75) is 13.8 Å². The molecule has 0 fully saturated rings. The van der Waals surface area contributed by atoms with E-state index in [1.807, 2.05) is 13.0 Å². The van der Waals surface area contributed by atoms with Gasteiger partial charge in [-0.1, -0.05) is 6.07 Å². The summed E-state index contributed by atoms with van der Waals surface area (Å²) in [5.41, 5.74) is 2.77. The molecule has 2 amide bonds. The van der Waals surface area contributed by atoms with E-state index in [9.17, 15) is 9.59 Å². The number of ether oxygens (including phenoxy) is 1. The largest absolute Gasteiger partial charge is 0.496 e. The van der Waals surface area contributed by atoms with Gasteiger partial charge in [0, 0.05) is 23.9 Å². The van der Waals surface area contributed by atoms with Crippen LogP contribution in [0.5, 0.6) is 5.75 Å². The number of hydrogen-bond donors (Lipinski definition) is 2. The molecule has 0 aromatic heterocycles. The number of anilines is 2. The van der Waals surface area contributed by atoms with Crippen LogP contribution in [-0.2, 0) is 4.79 Å². The van der Waals surface area contributed by atoms with Crippen LogP contribution in [-0.4, -0.2) is 18.9 Å². The summed E-state index contributed by atoms with van der Waals surface area (Å²) < 4.78 is 6.05. The molecule has 0 saturated carbocycles. The molecule has 2 aromatic rings. The predicted octanol–water partition coefficient (Wildman–Crippen LogP) is 3.82. The van der Waals surface area contributed by atoms with E-state index in [-0.39, 0.29) is 11.8 Å². The minimum atomic E-state index is -0.219. The van der Waals surface area contributed by atoms with Crippen LogP contribution in [0.25, 0.3) is 0 Å². The molecule has 0 aliphatic carbocycles. The number of amides is 2. The molecule has 0 heterocycles. The molecule has 0 aliphatic heterocycles. The monoisotopic (exact) mass is 424 g/mol. The molecule has 2 aromatic carbocycles. The molecule has 120 valence electrons. The summed E-state index contributed by atoms with van der Waals surface area (Å²) in [6, 6.07) is 10.6. The van der Waals surface area contributed by atoms with Crippen LogP contribution in [0.4, 0.5) is 11.4 Å². The Hall–Kier alpha value is -2.09. The minimum absolute atomic E-state index is 0.152. The van der Waals surface area contributed by atoms with E-state index in [2.05, 4.69) is 33.2 Å². The molecule has 0 bridgehead atoms. The SMILES string of the molecule is COc1ccc(C(=O)Nc2ccc(C)c(NC(C)=O)c2)cc1I. The van der Waals surface area contributed by atoms with Crippen LogP contribution in [0.3, 0.4) is 0 Å². The number of carbonyl (C=O) groups excluding carboxylic acids is 2. The van der Waals surface area contributed by atoms with Gasteiger partial charge in [-0.05, 0) is 65.4 Å². The highest BCUT2D eigenvalue weighted by Crippen LogP contribution is 2.23. The summed E-state index contributed by atoms with van der Waals surface area (Å²) >= 11 is 2.12. The number of aryl methyl sites for hydroxylation is 1. The van der Waals surface area contributed by atoms with Crippen molar-refractivity contribution >= 4 is 45.8 Å². The fraction of sp³-hybridized carbons (Fsp3) is 0.176. The zero-order valence-corrected chi connectivity index (χ0v) is 15.2. The summed E-state index contributed by atoms with van der Waals surface area (Å²) in [4.78, 5) is 23.5. The summed E-state index contributed by atoms with van der Waals surface area (Å²) in [5, 5.41) is 5.57. The highest BCUT2D eigenvalue weighted by molar-refractivity contribution is 14.1. The maximum atomic E-state index is 12.3. The molecular weight excluding hydrogens is 407 g/mol. The molecular formula is C17H17IN2O3. The van der Waals surface area contributed by atoms with E-state index in [0.717, 1.165) is 14.9 Å². The summed E-state index contributed by atoms with van der Waals surface area (Å²) in [7, 11) is 1.59. The topological polar surface area (TPSA) is 67.4 Å². The Morgan fingerprint density at radius 1 is 1.09 bits per heavy atom. The molecule has 0 saturated heterocycles. The third-order valence-corrected chi connectivity index (χ3v) is 4.06. The van der Waals surface area contributed by atoms with Crippen molar-refractivity contribution < 1.29 is 14.3 Å². The number of halogens is 1. The number of nitrogens with one attached hydrogen (secondary N) is 2. The molecule has 23 heavy (non-hydrogen) atoms. The molecule has 0 radical (unpaired) electrons. The zero-order valence-electron chi connectivity index (χ0n) is 13.1. The number of carbonyl (C=O) groups is 2. The van der Waals surface area contributed by atoms with Gasteiger partial charge in [0.2, 0.25) is 5.91 Å². The summed E-state index contributed by atoms with van der Waals surface area (Å²) in [6.45, 7) is 3.34. The molecule has 2 N–H and O–H groups in total. The highest BCUT2D eigenvalue weighted by atomic mass is 127. The maximum Gasteiger partial charge on any atom is 0.255 e. The van der Waals surface area contributed by atoms with Crippen molar-refractivity contribution in [1.82, 2.24) is 0 Å². The van der Waals surface area contributed by atoms with Gasteiger partial charge in [0.05, 0.1) is 10.7 Å². The highest BCUT2D eigenvalue weighted by Gasteiger charge is 2.10. The third-order valence-electron chi connectivity index (χ3n) is 3.22. The summed E-state index contributed by atoms with van der Waals surface area (Å²) in [5.74, 6) is 0.356. The smallest absolute Gasteiger partial charge is 0.255 e. The van der Waals surface area contributed by atoms with Gasteiger partial charge < -0.3 is 15.4 Å². The second-order valence-electron chi connectivity index (χ2n) is 5.01. The lowest BCUT2D eigenvalue weighted by molar-refractivity contribution is -0.114. The molecule has 0 atom stereocenters. The van der Waals surface area contributed by atoms with Crippen LogP contribution in [0.15, 0.2) is 36.4 Å². The van der Waals surface area contributed by atoms with E-state index in [1.54, 1.807) is 37.4 Å². The van der Waals surface area contributed by atoms with Crippen molar-refractivity contribution in [3.05, 3.63) is 51.1 Å². The lowest BCUT2D eigenvalue weighted by atomic mass is 10.1. The lowest BCUT2D eigenvalue weighted by Crippen LogP contribution is -2.13. The average Bonchev–Trinajstić information content (AvgIpc) is 2.50. The lowest BCUT2D eigenvalue weighted by Gasteiger charge is -2.11. The van der Waals surface area contributed by atoms with Crippen LogP contribution < -0.4 is 15.4 Å². The van der Waals surface area contributed by atoms with E-state index >= 15 is 0 Å². The Kier molecular flexibility index (Phi) is 5.59. The number of hydrogen-bond acceptors (Lipinski definition) is 3. The second-order valence-corrected chi connectivity index (χ2v) is 6.18. The first-order chi connectivity index (χ1) is 10.9. The Morgan fingerprint density at radius 2 is 1.83 bits per heavy atom. The van der Waals surface area contributed by atoms with Crippen molar-refractivity contribution in [2.75, 3.05) is 17.7 Å². The van der Waals surface area contributed by atoms with Crippen molar-refractivity contribution in [3.63, 3.8) is 0 Å². The first-order valence-electron chi connectivity index (χ1n) is 6.94. The molecule has 0 spiro atoms. The van der Waals surface area contributed by atoms with Gasteiger partial charge >= 0.3 is 0 Å². The van der Waals surface area contributed by atoms with Gasteiger partial charge in [-0.25, -0.2) is 0 Å². The van der Waals surface area contributed by atoms with Crippen LogP contribution >= 0.6 is 22.6 Å². The third kappa shape index (κ3) is 4.44. The van der Waals surface area contributed by atoms with Gasteiger partial charge in [-0.15, -0.1) is 0 Å². The average molecular weight is 424 g/mol. The number of rotatable bonds is 4. The van der Waals surface area contributed by atoms with Gasteiger partial charge in [0.1, 0.15) is 5.75 Å². The first-order valence-corrected chi connectivity index (χ1v) is 8.01. The molecule has 0 unspecified atom stereocenters. The standard InChI is InChI=1S/C17H17IN2O3/c1-10-4-6-13(9-15(10)19-11(2)21)20-17(22)12-5-7-16(23-3)14(18)8-12/h4-9H,1-3H3,(H,19,21)(H,20,22). The van der Waals surface area contributed by atoms with Gasteiger partial charge in [-0.2, -0.15) is 0 Å². The number of benzene rings is 2. The number of methoxy groups -OCH3 is 1. The van der Waals surface area contributed by atoms with Crippen LogP contribution in [0.1, 0.15) is 22.8 Å². The van der Waals surface area contributed by atoms with Crippen molar-refractivity contribution in [2.24, 2.45) is 0 Å². The predicted molar refractivity (Wildman–Crippen MR) is 99.1 cm³/mol. The van der Waals surface area contributed by atoms with Gasteiger partial charge in [0.25, 0.3) is 5.91 Å². The van der Waals surface area contributed by atoms with E-state index < -0.39 is 0 Å². The Labute approximate surface area is 148 Å². The minimum Gasteiger partial charge on any atom is -0.496 e. The van der Waals surface area contributed by atoms with Crippen molar-refractivity contribution in [1.29, 1.82) is 0 Å². The van der Waals surface area contributed by atoms with Gasteiger partial charge in [-0.3, -0.25) is 9.59 Å². The zero-order chi connectivity index (χ0) is 17.0. The molecule has 6 heteroatoms. The molecule has 5 nitrogen and oxygen atoms in total. The summed E-state index contributed by atoms with van der Waals surface area (Å²) in [6.07, 6.45) is 0. The van der Waals surface area contributed by atoms with Gasteiger partial charge in [0.15, 0.2) is 0 Å².